The highest BCUT2D eigenvalue weighted by Gasteiger charge is 2.54. The zero-order valence-corrected chi connectivity index (χ0v) is 35.9. The van der Waals surface area contributed by atoms with Gasteiger partial charge in [0.25, 0.3) is 11.8 Å². The van der Waals surface area contributed by atoms with Crippen molar-refractivity contribution in [1.29, 1.82) is 0 Å². The van der Waals surface area contributed by atoms with E-state index in [9.17, 15) is 32.4 Å². The van der Waals surface area contributed by atoms with Gasteiger partial charge in [0.05, 0.1) is 24.1 Å². The molecule has 60 heavy (non-hydrogen) atoms. The van der Waals surface area contributed by atoms with Crippen molar-refractivity contribution in [2.24, 2.45) is 11.8 Å². The Balaban J connectivity index is 1.12. The predicted octanol–water partition coefficient (Wildman–Crippen LogP) is 4.52. The van der Waals surface area contributed by atoms with Crippen LogP contribution in [0.25, 0.3) is 11.3 Å². The highest BCUT2D eigenvalue weighted by Crippen LogP contribution is 2.41. The molecule has 0 spiro atoms. The average molecular weight is 847 g/mol. The Morgan fingerprint density at radius 1 is 0.950 bits per heavy atom. The van der Waals surface area contributed by atoms with E-state index in [1.54, 1.807) is 49.8 Å². The summed E-state index contributed by atoms with van der Waals surface area (Å²) >= 11 is 0. The van der Waals surface area contributed by atoms with Crippen molar-refractivity contribution in [2.75, 3.05) is 33.3 Å². The molecule has 1 aromatic heterocycles. The van der Waals surface area contributed by atoms with Gasteiger partial charge < -0.3 is 24.6 Å². The maximum Gasteiger partial charge on any atom is 0.408 e. The number of Topliss-reactive ketones (excluding diaryl/α,β-unsaturated/α-hetero) is 1. The lowest BCUT2D eigenvalue weighted by molar-refractivity contribution is -0.140. The fraction of sp³-hybridized carbons (Fsp3) is 0.591. The summed E-state index contributed by atoms with van der Waals surface area (Å²) in [7, 11) is -2.19. The number of rotatable bonds is 7. The first-order valence-corrected chi connectivity index (χ1v) is 22.9. The number of pyridine rings is 1. The van der Waals surface area contributed by atoms with Crippen LogP contribution in [0.4, 0.5) is 4.79 Å². The minimum Gasteiger partial charge on any atom is -0.497 e. The number of carbonyl (C=O) groups is 5. The number of alkyl carbamates (subject to hydrolysis) is 1. The molecule has 5 atom stereocenters. The second-order valence-electron chi connectivity index (χ2n) is 17.9. The monoisotopic (exact) mass is 846 g/mol. The number of amides is 4. The van der Waals surface area contributed by atoms with Crippen LogP contribution >= 0.6 is 0 Å². The molecule has 2 saturated carbocycles. The van der Waals surface area contributed by atoms with Crippen LogP contribution in [-0.4, -0.2) is 115 Å². The molecule has 4 amide bonds. The van der Waals surface area contributed by atoms with E-state index in [2.05, 4.69) is 15.4 Å². The van der Waals surface area contributed by atoms with Crippen LogP contribution in [0.15, 0.2) is 54.1 Å². The van der Waals surface area contributed by atoms with E-state index in [-0.39, 0.29) is 61.2 Å². The molecule has 5 aliphatic rings. The molecular formula is C44H58N6O9S. The second-order valence-corrected chi connectivity index (χ2v) is 19.8. The molecule has 2 aromatic rings. The number of carbonyl (C=O) groups excluding carboxylic acids is 5. The lowest BCUT2D eigenvalue weighted by atomic mass is 9.70. The number of ether oxygens (including phenoxy) is 2. The van der Waals surface area contributed by atoms with Crippen molar-refractivity contribution in [2.45, 2.75) is 120 Å². The van der Waals surface area contributed by atoms with Crippen LogP contribution < -0.4 is 20.1 Å². The van der Waals surface area contributed by atoms with E-state index in [1.165, 1.54) is 0 Å². The van der Waals surface area contributed by atoms with Gasteiger partial charge in [0.15, 0.2) is 5.78 Å². The third kappa shape index (κ3) is 9.54. The average Bonchev–Trinajstić information content (AvgIpc) is 3.90. The SMILES string of the molecule is COc1cccc(-c2cccc(C(=O)N3C[C@H]4CN5C(=O)[C@H](NC(=O)OC(C)(C)C)CCCCC/C=C6/CC[C@@]6(C(=O)NS(=O)(=O)C6CC6)NCCCC(=O)[C@@H]5[C@H]4C3)n2)c1. The Kier molecular flexibility index (Phi) is 12.7. The third-order valence-electron chi connectivity index (χ3n) is 12.4. The number of allylic oxidation sites excluding steroid dienone is 1. The molecule has 324 valence electrons. The number of fused-ring (bicyclic) bond motifs is 4. The van der Waals surface area contributed by atoms with Gasteiger partial charge in [-0.25, -0.2) is 18.2 Å². The minimum atomic E-state index is -3.77. The van der Waals surface area contributed by atoms with Crippen LogP contribution in [0, 0.1) is 11.8 Å². The molecule has 16 heteroatoms. The van der Waals surface area contributed by atoms with Crippen molar-refractivity contribution in [3.05, 3.63) is 59.8 Å². The summed E-state index contributed by atoms with van der Waals surface area (Å²) in [5.41, 5.74) is 0.556. The largest absolute Gasteiger partial charge is 0.497 e. The van der Waals surface area contributed by atoms with Gasteiger partial charge in [-0.2, -0.15) is 0 Å². The highest BCUT2D eigenvalue weighted by molar-refractivity contribution is 7.91. The number of hydrogen-bond donors (Lipinski definition) is 3. The summed E-state index contributed by atoms with van der Waals surface area (Å²) in [6.07, 6.45) is 6.92. The number of likely N-dealkylation sites (tertiary alicyclic amines) is 1. The van der Waals surface area contributed by atoms with Crippen LogP contribution in [-0.2, 0) is 29.1 Å². The van der Waals surface area contributed by atoms with Gasteiger partial charge in [-0.15, -0.1) is 0 Å². The van der Waals surface area contributed by atoms with Crippen molar-refractivity contribution >= 4 is 39.6 Å². The summed E-state index contributed by atoms with van der Waals surface area (Å²) in [4.78, 5) is 77.9. The summed E-state index contributed by atoms with van der Waals surface area (Å²) in [5, 5.41) is 5.62. The van der Waals surface area contributed by atoms with Gasteiger partial charge in [-0.05, 0) is 109 Å². The Morgan fingerprint density at radius 3 is 2.45 bits per heavy atom. The van der Waals surface area contributed by atoms with Crippen molar-refractivity contribution in [1.82, 2.24) is 30.1 Å². The van der Waals surface area contributed by atoms with Gasteiger partial charge in [0, 0.05) is 43.5 Å². The van der Waals surface area contributed by atoms with E-state index >= 15 is 0 Å². The lowest BCUT2D eigenvalue weighted by Gasteiger charge is -2.44. The number of ketones is 1. The van der Waals surface area contributed by atoms with Crippen molar-refractivity contribution in [3.8, 4) is 17.0 Å². The second kappa shape index (κ2) is 17.6. The van der Waals surface area contributed by atoms with E-state index < -0.39 is 50.5 Å². The molecule has 4 heterocycles. The van der Waals surface area contributed by atoms with Crippen molar-refractivity contribution in [3.63, 3.8) is 0 Å². The first-order chi connectivity index (χ1) is 28.6. The van der Waals surface area contributed by atoms with E-state index in [4.69, 9.17) is 14.5 Å². The topological polar surface area (TPSA) is 193 Å². The zero-order valence-electron chi connectivity index (χ0n) is 35.0. The number of benzene rings is 1. The molecule has 2 aliphatic carbocycles. The molecule has 2 saturated heterocycles. The molecule has 7 rings (SSSR count). The number of methoxy groups -OCH3 is 1. The van der Waals surface area contributed by atoms with E-state index in [0.717, 1.165) is 24.0 Å². The fourth-order valence-electron chi connectivity index (χ4n) is 9.09. The summed E-state index contributed by atoms with van der Waals surface area (Å²) < 4.78 is 38.9. The Hall–Kier alpha value is -4.83. The smallest absolute Gasteiger partial charge is 0.408 e. The Morgan fingerprint density at radius 2 is 1.73 bits per heavy atom. The quantitative estimate of drug-likeness (QED) is 0.332. The molecule has 4 fully saturated rings. The molecule has 0 bridgehead atoms. The number of aromatic nitrogens is 1. The number of sulfonamides is 1. The summed E-state index contributed by atoms with van der Waals surface area (Å²) in [5.74, 6) is -1.26. The van der Waals surface area contributed by atoms with Crippen LogP contribution in [0.1, 0.15) is 102 Å². The Labute approximate surface area is 352 Å². The normalized spacial score (nSPS) is 27.6. The summed E-state index contributed by atoms with van der Waals surface area (Å²) in [6.45, 7) is 6.31. The van der Waals surface area contributed by atoms with E-state index in [1.807, 2.05) is 36.4 Å². The first kappa shape index (κ1) is 43.3. The molecule has 1 aromatic carbocycles. The lowest BCUT2D eigenvalue weighted by Crippen LogP contribution is -2.64. The first-order valence-electron chi connectivity index (χ1n) is 21.3. The van der Waals surface area contributed by atoms with Gasteiger partial charge in [0.1, 0.15) is 28.6 Å². The zero-order chi connectivity index (χ0) is 42.8. The van der Waals surface area contributed by atoms with Crippen LogP contribution in [0.3, 0.4) is 0 Å². The maximum absolute atomic E-state index is 14.6. The van der Waals surface area contributed by atoms with Gasteiger partial charge in [-0.1, -0.05) is 37.1 Å². The van der Waals surface area contributed by atoms with Gasteiger partial charge >= 0.3 is 6.09 Å². The molecule has 0 radical (unpaired) electrons. The molecule has 3 N–H and O–H groups in total. The van der Waals surface area contributed by atoms with Crippen LogP contribution in [0.2, 0.25) is 0 Å². The van der Waals surface area contributed by atoms with Gasteiger partial charge in [-0.3, -0.25) is 29.2 Å². The third-order valence-corrected chi connectivity index (χ3v) is 14.2. The highest BCUT2D eigenvalue weighted by atomic mass is 32.2. The van der Waals surface area contributed by atoms with Gasteiger partial charge in [0.2, 0.25) is 15.9 Å². The molecule has 0 unspecified atom stereocenters. The Bertz CT molecular complexity index is 2130. The number of nitrogens with one attached hydrogen (secondary N) is 3. The number of hydrogen-bond acceptors (Lipinski definition) is 11. The van der Waals surface area contributed by atoms with Crippen molar-refractivity contribution < 1.29 is 41.9 Å². The van der Waals surface area contributed by atoms with Crippen LogP contribution in [0.5, 0.6) is 5.75 Å². The standard InChI is InChI=1S/C44H58N6O9S/c1-43(2,3)59-42(55)47-36-15-8-6-5-7-13-30-21-22-44(30,41(54)48-60(56,57)32-19-20-32)45-23-11-18-37(51)38-33-27-49(25-29(33)26-50(38)40(36)53)39(52)35-17-10-16-34(46-35)28-12-9-14-31(24-28)58-4/h9-10,12-14,16-17,24,29,32-33,36,38,45H,5-8,11,15,18-23,25-27H2,1-4H3,(H,47,55)(H,48,54)/b30-13-/t29-,33-,36+,38-,44+/m0/s1. The molecular weight excluding hydrogens is 789 g/mol. The maximum atomic E-state index is 14.6. The molecule has 3 aliphatic heterocycles. The number of nitrogens with zero attached hydrogens (tertiary/aromatic N) is 3. The molecule has 15 nitrogen and oxygen atoms in total. The fourth-order valence-corrected chi connectivity index (χ4v) is 10.4. The predicted molar refractivity (Wildman–Crippen MR) is 223 cm³/mol. The minimum absolute atomic E-state index is 0.0734. The van der Waals surface area contributed by atoms with E-state index in [0.29, 0.717) is 69.4 Å². The summed E-state index contributed by atoms with van der Waals surface area (Å²) in [6, 6.07) is 10.9.